The van der Waals surface area contributed by atoms with Gasteiger partial charge in [0.1, 0.15) is 5.75 Å². The van der Waals surface area contributed by atoms with Gasteiger partial charge >= 0.3 is 5.97 Å². The summed E-state index contributed by atoms with van der Waals surface area (Å²) in [5.41, 5.74) is 0.673. The molecule has 0 heterocycles. The van der Waals surface area contributed by atoms with Crippen molar-refractivity contribution in [2.45, 2.75) is 19.8 Å². The zero-order valence-corrected chi connectivity index (χ0v) is 14.8. The van der Waals surface area contributed by atoms with Gasteiger partial charge in [0.15, 0.2) is 0 Å². The Labute approximate surface area is 156 Å². The molecule has 2 rings (SSSR count). The summed E-state index contributed by atoms with van der Waals surface area (Å²) in [6, 6.07) is 12.2. The number of para-hydroxylation sites is 2. The molecule has 8 nitrogen and oxygen atoms in total. The number of carbonyl (C=O) groups is 2. The number of amides is 1. The molecule has 1 amide bonds. The fraction of sp³-hybridized carbons (Fsp3) is 0.263. The highest BCUT2D eigenvalue weighted by molar-refractivity contribution is 6.05. The fourth-order valence-corrected chi connectivity index (χ4v) is 2.26. The molecule has 0 unspecified atom stereocenters. The average Bonchev–Trinajstić information content (AvgIpc) is 2.66. The molecule has 0 radical (unpaired) electrons. The Balaban J connectivity index is 1.95. The van der Waals surface area contributed by atoms with Crippen LogP contribution in [0.4, 0.5) is 11.4 Å². The van der Waals surface area contributed by atoms with E-state index in [-0.39, 0.29) is 23.6 Å². The molecule has 0 aliphatic carbocycles. The SMILES string of the molecule is CCOC(=O)CCCOc1ccccc1NC(=O)c1ccc([N+](=O)[O-])cc1. The molecule has 27 heavy (non-hydrogen) atoms. The van der Waals surface area contributed by atoms with Gasteiger partial charge in [-0.3, -0.25) is 19.7 Å². The number of nitrogens with one attached hydrogen (secondary N) is 1. The van der Waals surface area contributed by atoms with Gasteiger partial charge in [0.25, 0.3) is 11.6 Å². The smallest absolute Gasteiger partial charge is 0.305 e. The Hall–Kier alpha value is -3.42. The van der Waals surface area contributed by atoms with Crippen molar-refractivity contribution < 1.29 is 24.0 Å². The van der Waals surface area contributed by atoms with Crippen LogP contribution in [0.15, 0.2) is 48.5 Å². The van der Waals surface area contributed by atoms with Crippen LogP contribution in [0.25, 0.3) is 0 Å². The van der Waals surface area contributed by atoms with Crippen LogP contribution in [0.5, 0.6) is 5.75 Å². The van der Waals surface area contributed by atoms with Crippen molar-refractivity contribution in [2.24, 2.45) is 0 Å². The molecular formula is C19H20N2O6. The van der Waals surface area contributed by atoms with E-state index in [0.717, 1.165) is 0 Å². The molecule has 2 aromatic rings. The fourth-order valence-electron chi connectivity index (χ4n) is 2.26. The van der Waals surface area contributed by atoms with Gasteiger partial charge in [0.05, 0.1) is 23.8 Å². The maximum atomic E-state index is 12.3. The molecule has 0 saturated carbocycles. The second kappa shape index (κ2) is 9.91. The summed E-state index contributed by atoms with van der Waals surface area (Å²) in [6.45, 7) is 2.39. The minimum Gasteiger partial charge on any atom is -0.491 e. The summed E-state index contributed by atoms with van der Waals surface area (Å²) in [6.07, 6.45) is 0.745. The van der Waals surface area contributed by atoms with Crippen molar-refractivity contribution in [3.63, 3.8) is 0 Å². The number of rotatable bonds is 9. The minimum absolute atomic E-state index is 0.0862. The van der Waals surface area contributed by atoms with Crippen molar-refractivity contribution in [2.75, 3.05) is 18.5 Å². The van der Waals surface area contributed by atoms with E-state index in [1.165, 1.54) is 24.3 Å². The second-order valence-electron chi connectivity index (χ2n) is 5.51. The molecule has 1 N–H and O–H groups in total. The number of nitro groups is 1. The quantitative estimate of drug-likeness (QED) is 0.312. The van der Waals surface area contributed by atoms with E-state index in [4.69, 9.17) is 9.47 Å². The van der Waals surface area contributed by atoms with Crippen LogP contribution in [0.3, 0.4) is 0 Å². The Morgan fingerprint density at radius 3 is 2.48 bits per heavy atom. The first-order valence-corrected chi connectivity index (χ1v) is 8.44. The molecule has 0 aliphatic rings. The number of nitro benzene ring substituents is 1. The monoisotopic (exact) mass is 372 g/mol. The number of ether oxygens (including phenoxy) is 2. The van der Waals surface area contributed by atoms with Crippen molar-refractivity contribution in [3.05, 3.63) is 64.2 Å². The zero-order valence-electron chi connectivity index (χ0n) is 14.8. The van der Waals surface area contributed by atoms with Gasteiger partial charge in [-0.2, -0.15) is 0 Å². The highest BCUT2D eigenvalue weighted by Crippen LogP contribution is 2.25. The summed E-state index contributed by atoms with van der Waals surface area (Å²) >= 11 is 0. The van der Waals surface area contributed by atoms with Crippen molar-refractivity contribution in [3.8, 4) is 5.75 Å². The Bertz CT molecular complexity index is 804. The molecule has 0 bridgehead atoms. The molecule has 2 aromatic carbocycles. The maximum Gasteiger partial charge on any atom is 0.305 e. The van der Waals surface area contributed by atoms with Gasteiger partial charge < -0.3 is 14.8 Å². The number of benzene rings is 2. The normalized spacial score (nSPS) is 10.1. The first kappa shape index (κ1) is 19.9. The predicted octanol–water partition coefficient (Wildman–Crippen LogP) is 3.57. The van der Waals surface area contributed by atoms with Crippen LogP contribution in [-0.2, 0) is 9.53 Å². The van der Waals surface area contributed by atoms with Crippen molar-refractivity contribution in [1.29, 1.82) is 0 Å². The van der Waals surface area contributed by atoms with E-state index < -0.39 is 10.8 Å². The lowest BCUT2D eigenvalue weighted by Crippen LogP contribution is -2.13. The van der Waals surface area contributed by atoms with Gasteiger partial charge in [0, 0.05) is 24.1 Å². The summed E-state index contributed by atoms with van der Waals surface area (Å²) in [7, 11) is 0. The van der Waals surface area contributed by atoms with Gasteiger partial charge in [-0.25, -0.2) is 0 Å². The van der Waals surface area contributed by atoms with Crippen LogP contribution in [0, 0.1) is 10.1 Å². The lowest BCUT2D eigenvalue weighted by atomic mass is 10.2. The number of non-ortho nitro benzene ring substituents is 1. The molecule has 142 valence electrons. The highest BCUT2D eigenvalue weighted by atomic mass is 16.6. The molecule has 8 heteroatoms. The third-order valence-corrected chi connectivity index (χ3v) is 3.56. The first-order chi connectivity index (χ1) is 13.0. The number of anilines is 1. The van der Waals surface area contributed by atoms with Crippen molar-refractivity contribution >= 4 is 23.3 Å². The van der Waals surface area contributed by atoms with E-state index in [1.807, 2.05) is 0 Å². The van der Waals surface area contributed by atoms with Gasteiger partial charge in [0.2, 0.25) is 0 Å². The van der Waals surface area contributed by atoms with Crippen LogP contribution in [-0.4, -0.2) is 30.0 Å². The summed E-state index contributed by atoms with van der Waals surface area (Å²) in [4.78, 5) is 33.8. The van der Waals surface area contributed by atoms with Crippen LogP contribution < -0.4 is 10.1 Å². The average molecular weight is 372 g/mol. The summed E-state index contributed by atoms with van der Waals surface area (Å²) in [5.74, 6) is -0.218. The zero-order chi connectivity index (χ0) is 19.6. The van der Waals surface area contributed by atoms with Crippen LogP contribution in [0.2, 0.25) is 0 Å². The minimum atomic E-state index is -0.527. The number of hydrogen-bond donors (Lipinski definition) is 1. The Morgan fingerprint density at radius 2 is 1.81 bits per heavy atom. The Morgan fingerprint density at radius 1 is 1.11 bits per heavy atom. The third-order valence-electron chi connectivity index (χ3n) is 3.56. The molecule has 0 aromatic heterocycles. The van der Waals surface area contributed by atoms with Crippen LogP contribution in [0.1, 0.15) is 30.1 Å². The topological polar surface area (TPSA) is 108 Å². The molecule has 0 saturated heterocycles. The largest absolute Gasteiger partial charge is 0.491 e. The standard InChI is InChI=1S/C19H20N2O6/c1-2-26-18(22)8-5-13-27-17-7-4-3-6-16(17)20-19(23)14-9-11-15(12-10-14)21(24)25/h3-4,6-7,9-12H,2,5,8,13H2,1H3,(H,20,23). The van der Waals surface area contributed by atoms with E-state index >= 15 is 0 Å². The lowest BCUT2D eigenvalue weighted by molar-refractivity contribution is -0.384. The number of carbonyl (C=O) groups excluding carboxylic acids is 2. The lowest BCUT2D eigenvalue weighted by Gasteiger charge is -2.12. The van der Waals surface area contributed by atoms with E-state index in [9.17, 15) is 19.7 Å². The van der Waals surface area contributed by atoms with E-state index in [2.05, 4.69) is 5.32 Å². The maximum absolute atomic E-state index is 12.3. The van der Waals surface area contributed by atoms with E-state index in [1.54, 1.807) is 31.2 Å². The third kappa shape index (κ3) is 6.10. The summed E-state index contributed by atoms with van der Waals surface area (Å²) < 4.78 is 10.5. The molecular weight excluding hydrogens is 352 g/mol. The Kier molecular flexibility index (Phi) is 7.30. The molecule has 0 aliphatic heterocycles. The summed E-state index contributed by atoms with van der Waals surface area (Å²) in [5, 5.41) is 13.4. The van der Waals surface area contributed by atoms with Gasteiger partial charge in [-0.1, -0.05) is 12.1 Å². The van der Waals surface area contributed by atoms with Gasteiger partial charge in [-0.15, -0.1) is 0 Å². The second-order valence-corrected chi connectivity index (χ2v) is 5.51. The number of esters is 1. The molecule has 0 spiro atoms. The van der Waals surface area contributed by atoms with Gasteiger partial charge in [-0.05, 0) is 37.6 Å². The predicted molar refractivity (Wildman–Crippen MR) is 98.9 cm³/mol. The number of hydrogen-bond acceptors (Lipinski definition) is 6. The molecule has 0 fully saturated rings. The van der Waals surface area contributed by atoms with E-state index in [0.29, 0.717) is 31.1 Å². The van der Waals surface area contributed by atoms with Crippen molar-refractivity contribution in [1.82, 2.24) is 0 Å². The first-order valence-electron chi connectivity index (χ1n) is 8.44. The number of nitrogens with zero attached hydrogens (tertiary/aromatic N) is 1. The van der Waals surface area contributed by atoms with Crippen LogP contribution >= 0.6 is 0 Å². The molecule has 0 atom stereocenters. The highest BCUT2D eigenvalue weighted by Gasteiger charge is 2.12.